The summed E-state index contributed by atoms with van der Waals surface area (Å²) in [5.74, 6) is 2.27. The lowest BCUT2D eigenvalue weighted by molar-refractivity contribution is 0.423. The fraction of sp³-hybridized carbons (Fsp3) is 0.833. The minimum atomic E-state index is 0.556. The molecule has 1 aliphatic rings. The number of thioether (sulfide) groups is 1. The Bertz CT molecular complexity index is 334. The highest BCUT2D eigenvalue weighted by molar-refractivity contribution is 7.99. The van der Waals surface area contributed by atoms with Gasteiger partial charge in [0.25, 0.3) is 0 Å². The molecule has 0 unspecified atom stereocenters. The molecular formula is C12H21N3OS. The molecule has 1 N–H and O–H groups in total. The SMILES string of the molecule is CC(C)CNc1nc(CSC2CCCC2)no1. The molecule has 1 aromatic heterocycles. The first-order chi connectivity index (χ1) is 8.24. The van der Waals surface area contributed by atoms with Crippen LogP contribution < -0.4 is 5.32 Å². The average Bonchev–Trinajstić information content (AvgIpc) is 2.95. The van der Waals surface area contributed by atoms with E-state index < -0.39 is 0 Å². The molecule has 0 saturated heterocycles. The number of nitrogens with zero attached hydrogens (tertiary/aromatic N) is 2. The molecule has 0 aromatic carbocycles. The van der Waals surface area contributed by atoms with E-state index in [0.29, 0.717) is 11.9 Å². The van der Waals surface area contributed by atoms with Gasteiger partial charge in [0.05, 0.1) is 5.75 Å². The van der Waals surface area contributed by atoms with Crippen molar-refractivity contribution in [2.75, 3.05) is 11.9 Å². The monoisotopic (exact) mass is 255 g/mol. The zero-order valence-electron chi connectivity index (χ0n) is 10.6. The molecule has 1 fully saturated rings. The lowest BCUT2D eigenvalue weighted by Crippen LogP contribution is -2.08. The van der Waals surface area contributed by atoms with Gasteiger partial charge in [-0.1, -0.05) is 31.8 Å². The van der Waals surface area contributed by atoms with Gasteiger partial charge in [-0.15, -0.1) is 0 Å². The molecule has 0 aliphatic heterocycles. The predicted octanol–water partition coefficient (Wildman–Crippen LogP) is 3.31. The molecule has 1 aromatic rings. The quantitative estimate of drug-likeness (QED) is 0.845. The molecular weight excluding hydrogens is 234 g/mol. The van der Waals surface area contributed by atoms with Crippen LogP contribution in [0.2, 0.25) is 0 Å². The summed E-state index contributed by atoms with van der Waals surface area (Å²) in [6.07, 6.45) is 5.46. The van der Waals surface area contributed by atoms with E-state index in [4.69, 9.17) is 4.52 Å². The van der Waals surface area contributed by atoms with Crippen LogP contribution in [-0.4, -0.2) is 21.9 Å². The summed E-state index contributed by atoms with van der Waals surface area (Å²) in [6, 6.07) is 0.556. The molecule has 0 amide bonds. The van der Waals surface area contributed by atoms with E-state index in [0.717, 1.165) is 23.4 Å². The number of nitrogens with one attached hydrogen (secondary N) is 1. The fourth-order valence-corrected chi connectivity index (χ4v) is 3.09. The van der Waals surface area contributed by atoms with Gasteiger partial charge in [-0.25, -0.2) is 0 Å². The van der Waals surface area contributed by atoms with Crippen LogP contribution in [0.4, 0.5) is 6.01 Å². The van der Waals surface area contributed by atoms with Gasteiger partial charge < -0.3 is 9.84 Å². The number of rotatable bonds is 6. The summed E-state index contributed by atoms with van der Waals surface area (Å²) in [4.78, 5) is 4.33. The molecule has 96 valence electrons. The second kappa shape index (κ2) is 6.28. The third kappa shape index (κ3) is 4.22. The molecule has 1 saturated carbocycles. The predicted molar refractivity (Wildman–Crippen MR) is 71.2 cm³/mol. The molecule has 0 bridgehead atoms. The standard InChI is InChI=1S/C12H21N3OS/c1-9(2)7-13-12-14-11(15-16-12)8-17-10-5-3-4-6-10/h9-10H,3-8H2,1-2H3,(H,13,14,15). The smallest absolute Gasteiger partial charge is 0.321 e. The normalized spacial score (nSPS) is 16.9. The van der Waals surface area contributed by atoms with Crippen molar-refractivity contribution in [1.82, 2.24) is 10.1 Å². The van der Waals surface area contributed by atoms with E-state index in [-0.39, 0.29) is 0 Å². The van der Waals surface area contributed by atoms with Crippen molar-refractivity contribution in [3.63, 3.8) is 0 Å². The number of hydrogen-bond acceptors (Lipinski definition) is 5. The highest BCUT2D eigenvalue weighted by Gasteiger charge is 2.16. The van der Waals surface area contributed by atoms with Crippen molar-refractivity contribution >= 4 is 17.8 Å². The van der Waals surface area contributed by atoms with Crippen LogP contribution in [0.15, 0.2) is 4.52 Å². The third-order valence-corrected chi connectivity index (χ3v) is 4.25. The van der Waals surface area contributed by atoms with E-state index in [2.05, 4.69) is 29.3 Å². The third-order valence-electron chi connectivity index (χ3n) is 2.88. The van der Waals surface area contributed by atoms with Gasteiger partial charge in [0, 0.05) is 11.8 Å². The molecule has 0 spiro atoms. The summed E-state index contributed by atoms with van der Waals surface area (Å²) in [7, 11) is 0. The Kier molecular flexibility index (Phi) is 4.71. The maximum absolute atomic E-state index is 5.14. The van der Waals surface area contributed by atoms with Crippen molar-refractivity contribution in [1.29, 1.82) is 0 Å². The van der Waals surface area contributed by atoms with Crippen molar-refractivity contribution in [2.45, 2.75) is 50.5 Å². The minimum Gasteiger partial charge on any atom is -0.337 e. The first kappa shape index (κ1) is 12.7. The van der Waals surface area contributed by atoms with Crippen molar-refractivity contribution < 1.29 is 4.52 Å². The lowest BCUT2D eigenvalue weighted by Gasteiger charge is -2.05. The summed E-state index contributed by atoms with van der Waals surface area (Å²) >= 11 is 1.96. The fourth-order valence-electron chi connectivity index (χ4n) is 1.92. The maximum Gasteiger partial charge on any atom is 0.321 e. The number of hydrogen-bond donors (Lipinski definition) is 1. The summed E-state index contributed by atoms with van der Waals surface area (Å²) < 4.78 is 5.14. The maximum atomic E-state index is 5.14. The summed E-state index contributed by atoms with van der Waals surface area (Å²) in [6.45, 7) is 5.18. The Morgan fingerprint density at radius 2 is 2.18 bits per heavy atom. The molecule has 1 heterocycles. The topological polar surface area (TPSA) is 51.0 Å². The van der Waals surface area contributed by atoms with Gasteiger partial charge in [-0.3, -0.25) is 0 Å². The lowest BCUT2D eigenvalue weighted by atomic mass is 10.2. The zero-order chi connectivity index (χ0) is 12.1. The molecule has 1 aliphatic carbocycles. The van der Waals surface area contributed by atoms with Gasteiger partial charge in [0.15, 0.2) is 5.82 Å². The van der Waals surface area contributed by atoms with Gasteiger partial charge >= 0.3 is 6.01 Å². The van der Waals surface area contributed by atoms with E-state index in [1.165, 1.54) is 25.7 Å². The number of anilines is 1. The first-order valence-corrected chi connectivity index (χ1v) is 7.47. The summed E-state index contributed by atoms with van der Waals surface area (Å²) in [5, 5.41) is 7.93. The van der Waals surface area contributed by atoms with Crippen LogP contribution >= 0.6 is 11.8 Å². The van der Waals surface area contributed by atoms with E-state index >= 15 is 0 Å². The molecule has 0 radical (unpaired) electrons. The van der Waals surface area contributed by atoms with Crippen LogP contribution in [0.1, 0.15) is 45.4 Å². The van der Waals surface area contributed by atoms with E-state index in [9.17, 15) is 0 Å². The van der Waals surface area contributed by atoms with Crippen molar-refractivity contribution in [3.05, 3.63) is 5.82 Å². The van der Waals surface area contributed by atoms with Crippen molar-refractivity contribution in [2.24, 2.45) is 5.92 Å². The van der Waals surface area contributed by atoms with Crippen LogP contribution in [0.25, 0.3) is 0 Å². The highest BCUT2D eigenvalue weighted by atomic mass is 32.2. The number of aromatic nitrogens is 2. The highest BCUT2D eigenvalue weighted by Crippen LogP contribution is 2.31. The van der Waals surface area contributed by atoms with Gasteiger partial charge in [0.1, 0.15) is 0 Å². The van der Waals surface area contributed by atoms with Gasteiger partial charge in [-0.2, -0.15) is 16.7 Å². The van der Waals surface area contributed by atoms with E-state index in [1.807, 2.05) is 11.8 Å². The zero-order valence-corrected chi connectivity index (χ0v) is 11.4. The van der Waals surface area contributed by atoms with E-state index in [1.54, 1.807) is 0 Å². The molecule has 4 nitrogen and oxygen atoms in total. The second-order valence-electron chi connectivity index (χ2n) is 5.01. The van der Waals surface area contributed by atoms with Crippen LogP contribution in [0.5, 0.6) is 0 Å². The Morgan fingerprint density at radius 1 is 1.41 bits per heavy atom. The van der Waals surface area contributed by atoms with Crippen LogP contribution in [0.3, 0.4) is 0 Å². The van der Waals surface area contributed by atoms with Gasteiger partial charge in [-0.05, 0) is 18.8 Å². The Hall–Kier alpha value is -0.710. The summed E-state index contributed by atoms with van der Waals surface area (Å²) in [5.41, 5.74) is 0. The van der Waals surface area contributed by atoms with Crippen LogP contribution in [0, 0.1) is 5.92 Å². The second-order valence-corrected chi connectivity index (χ2v) is 6.30. The van der Waals surface area contributed by atoms with Crippen molar-refractivity contribution in [3.8, 4) is 0 Å². The largest absolute Gasteiger partial charge is 0.337 e. The molecule has 5 heteroatoms. The first-order valence-electron chi connectivity index (χ1n) is 6.42. The molecule has 17 heavy (non-hydrogen) atoms. The van der Waals surface area contributed by atoms with Crippen LogP contribution in [-0.2, 0) is 5.75 Å². The Morgan fingerprint density at radius 3 is 2.88 bits per heavy atom. The Labute approximate surface area is 107 Å². The van der Waals surface area contributed by atoms with Gasteiger partial charge in [0.2, 0.25) is 0 Å². The molecule has 0 atom stereocenters. The Balaban J connectivity index is 1.73. The molecule has 2 rings (SSSR count). The minimum absolute atomic E-state index is 0.556. The average molecular weight is 255 g/mol.